The van der Waals surface area contributed by atoms with Gasteiger partial charge >= 0.3 is 7.60 Å². The molecule has 0 aliphatic carbocycles. The minimum atomic E-state index is -3.32. The highest BCUT2D eigenvalue weighted by Gasteiger charge is 2.26. The van der Waals surface area contributed by atoms with E-state index in [1.54, 1.807) is 24.3 Å². The molecule has 14 heavy (non-hydrogen) atoms. The van der Waals surface area contributed by atoms with Crippen LogP contribution in [0, 0.1) is 0 Å². The summed E-state index contributed by atoms with van der Waals surface area (Å²) >= 11 is 0. The standard InChI is InChI=1S/C9H11O4P/c1-12-14(11,13-2)9-6-4-3-5-8(9)7-10/h3-7H,1-2H3. The van der Waals surface area contributed by atoms with Gasteiger partial charge in [0.15, 0.2) is 6.29 Å². The normalized spacial score (nSPS) is 11.3. The Hall–Kier alpha value is -0.960. The largest absolute Gasteiger partial charge is 0.361 e. The third-order valence-corrected chi connectivity index (χ3v) is 3.80. The van der Waals surface area contributed by atoms with Crippen LogP contribution in [-0.2, 0) is 13.6 Å². The maximum Gasteiger partial charge on any atom is 0.361 e. The summed E-state index contributed by atoms with van der Waals surface area (Å²) in [4.78, 5) is 10.7. The molecule has 1 aromatic rings. The molecule has 0 saturated carbocycles. The quantitative estimate of drug-likeness (QED) is 0.564. The third kappa shape index (κ3) is 1.93. The minimum absolute atomic E-state index is 0.292. The zero-order valence-corrected chi connectivity index (χ0v) is 8.86. The molecule has 4 nitrogen and oxygen atoms in total. The predicted molar refractivity (Wildman–Crippen MR) is 53.1 cm³/mol. The van der Waals surface area contributed by atoms with Crippen LogP contribution in [0.25, 0.3) is 0 Å². The summed E-state index contributed by atoms with van der Waals surface area (Å²) in [5, 5.41) is 0.292. The maximum atomic E-state index is 11.9. The van der Waals surface area contributed by atoms with Crippen molar-refractivity contribution in [1.82, 2.24) is 0 Å². The molecule has 1 aromatic carbocycles. The SMILES string of the molecule is COP(=O)(OC)c1ccccc1C=O. The molecule has 0 fully saturated rings. The van der Waals surface area contributed by atoms with Crippen LogP contribution in [0.2, 0.25) is 0 Å². The first-order valence-corrected chi connectivity index (χ1v) is 5.48. The molecule has 0 amide bonds. The van der Waals surface area contributed by atoms with Crippen LogP contribution in [0.3, 0.4) is 0 Å². The van der Waals surface area contributed by atoms with Crippen LogP contribution in [0.5, 0.6) is 0 Å². The Labute approximate surface area is 82.4 Å². The fourth-order valence-electron chi connectivity index (χ4n) is 1.11. The summed E-state index contributed by atoms with van der Waals surface area (Å²) in [7, 11) is -0.752. The van der Waals surface area contributed by atoms with E-state index in [-0.39, 0.29) is 0 Å². The Morgan fingerprint density at radius 1 is 1.21 bits per heavy atom. The van der Waals surface area contributed by atoms with E-state index in [4.69, 9.17) is 9.05 Å². The topological polar surface area (TPSA) is 52.6 Å². The number of hydrogen-bond acceptors (Lipinski definition) is 4. The number of rotatable bonds is 4. The van der Waals surface area contributed by atoms with Crippen molar-refractivity contribution in [1.29, 1.82) is 0 Å². The highest BCUT2D eigenvalue weighted by atomic mass is 31.2. The summed E-state index contributed by atoms with van der Waals surface area (Å²) in [5.41, 5.74) is 0.319. The number of aldehydes is 1. The molecule has 0 unspecified atom stereocenters. The highest BCUT2D eigenvalue weighted by Crippen LogP contribution is 2.45. The van der Waals surface area contributed by atoms with Gasteiger partial charge < -0.3 is 9.05 Å². The molecule has 76 valence electrons. The van der Waals surface area contributed by atoms with Crippen molar-refractivity contribution in [2.24, 2.45) is 0 Å². The smallest absolute Gasteiger partial charge is 0.309 e. The van der Waals surface area contributed by atoms with Crippen LogP contribution in [0.15, 0.2) is 24.3 Å². The molecule has 0 radical (unpaired) electrons. The third-order valence-electron chi connectivity index (χ3n) is 1.84. The van der Waals surface area contributed by atoms with Gasteiger partial charge in [-0.3, -0.25) is 9.36 Å². The Kier molecular flexibility index (Phi) is 3.58. The van der Waals surface area contributed by atoms with Crippen LogP contribution >= 0.6 is 7.60 Å². The fourth-order valence-corrected chi connectivity index (χ4v) is 2.36. The lowest BCUT2D eigenvalue weighted by Gasteiger charge is -2.14. The van der Waals surface area contributed by atoms with Gasteiger partial charge in [0.05, 0.1) is 5.30 Å². The molecule has 0 spiro atoms. The zero-order valence-electron chi connectivity index (χ0n) is 7.97. The lowest BCUT2D eigenvalue weighted by molar-refractivity contribution is 0.112. The molecule has 0 aliphatic rings. The highest BCUT2D eigenvalue weighted by molar-refractivity contribution is 7.62. The van der Waals surface area contributed by atoms with Crippen LogP contribution in [-0.4, -0.2) is 20.5 Å². The summed E-state index contributed by atoms with van der Waals surface area (Å²) in [6, 6.07) is 6.47. The second-order valence-corrected chi connectivity index (χ2v) is 4.75. The molecular weight excluding hydrogens is 203 g/mol. The molecule has 0 heterocycles. The molecule has 0 aliphatic heterocycles. The summed E-state index contributed by atoms with van der Waals surface area (Å²) in [6.45, 7) is 0. The molecule has 1 rings (SSSR count). The van der Waals surface area contributed by atoms with E-state index in [1.807, 2.05) is 0 Å². The number of hydrogen-bond donors (Lipinski definition) is 0. The number of carbonyl (C=O) groups excluding carboxylic acids is 1. The first kappa shape index (κ1) is 11.1. The van der Waals surface area contributed by atoms with Gasteiger partial charge in [-0.1, -0.05) is 18.2 Å². The van der Waals surface area contributed by atoms with Crippen molar-refractivity contribution < 1.29 is 18.4 Å². The first-order chi connectivity index (χ1) is 6.68. The van der Waals surface area contributed by atoms with Gasteiger partial charge in [0, 0.05) is 19.8 Å². The van der Waals surface area contributed by atoms with Gasteiger partial charge in [-0.05, 0) is 6.07 Å². The van der Waals surface area contributed by atoms with Crippen LogP contribution in [0.1, 0.15) is 10.4 Å². The molecular formula is C9H11O4P. The predicted octanol–water partition coefficient (Wildman–Crippen LogP) is 1.61. The van der Waals surface area contributed by atoms with E-state index < -0.39 is 7.60 Å². The summed E-state index contributed by atoms with van der Waals surface area (Å²) < 4.78 is 21.5. The van der Waals surface area contributed by atoms with Crippen LogP contribution in [0.4, 0.5) is 0 Å². The van der Waals surface area contributed by atoms with Gasteiger partial charge in [-0.2, -0.15) is 0 Å². The lowest BCUT2D eigenvalue weighted by atomic mass is 10.2. The monoisotopic (exact) mass is 214 g/mol. The van der Waals surface area contributed by atoms with Crippen molar-refractivity contribution in [3.63, 3.8) is 0 Å². The second-order valence-electron chi connectivity index (χ2n) is 2.54. The first-order valence-electron chi connectivity index (χ1n) is 3.94. The van der Waals surface area contributed by atoms with Crippen molar-refractivity contribution in [2.45, 2.75) is 0 Å². The van der Waals surface area contributed by atoms with Gasteiger partial charge in [0.2, 0.25) is 0 Å². The van der Waals surface area contributed by atoms with Crippen molar-refractivity contribution in [3.8, 4) is 0 Å². The fraction of sp³-hybridized carbons (Fsp3) is 0.222. The van der Waals surface area contributed by atoms with Crippen molar-refractivity contribution >= 4 is 19.2 Å². The van der Waals surface area contributed by atoms with Gasteiger partial charge in [0.1, 0.15) is 0 Å². The van der Waals surface area contributed by atoms with Gasteiger partial charge in [-0.15, -0.1) is 0 Å². The second kappa shape index (κ2) is 4.51. The summed E-state index contributed by atoms with van der Waals surface area (Å²) in [5.74, 6) is 0. The van der Waals surface area contributed by atoms with E-state index >= 15 is 0 Å². The minimum Gasteiger partial charge on any atom is -0.309 e. The van der Waals surface area contributed by atoms with Crippen LogP contribution < -0.4 is 5.30 Å². The average molecular weight is 214 g/mol. The number of benzene rings is 1. The molecule has 0 atom stereocenters. The van der Waals surface area contributed by atoms with Crippen molar-refractivity contribution in [2.75, 3.05) is 14.2 Å². The van der Waals surface area contributed by atoms with E-state index in [1.165, 1.54) is 14.2 Å². The average Bonchev–Trinajstić information content (AvgIpc) is 2.28. The number of carbonyl (C=O) groups is 1. The van der Waals surface area contributed by atoms with Crippen molar-refractivity contribution in [3.05, 3.63) is 29.8 Å². The molecule has 0 aromatic heterocycles. The lowest BCUT2D eigenvalue weighted by Crippen LogP contribution is -2.12. The Morgan fingerprint density at radius 2 is 1.79 bits per heavy atom. The van der Waals surface area contributed by atoms with E-state index in [9.17, 15) is 9.36 Å². The molecule has 0 N–H and O–H groups in total. The molecule has 0 saturated heterocycles. The van der Waals surface area contributed by atoms with E-state index in [0.29, 0.717) is 17.2 Å². The van der Waals surface area contributed by atoms with E-state index in [0.717, 1.165) is 0 Å². The van der Waals surface area contributed by atoms with Gasteiger partial charge in [0.25, 0.3) is 0 Å². The molecule has 0 bridgehead atoms. The maximum absolute atomic E-state index is 11.9. The Bertz CT molecular complexity index is 367. The Morgan fingerprint density at radius 3 is 2.29 bits per heavy atom. The zero-order chi connectivity index (χ0) is 10.6. The van der Waals surface area contributed by atoms with E-state index in [2.05, 4.69) is 0 Å². The van der Waals surface area contributed by atoms with Gasteiger partial charge in [-0.25, -0.2) is 0 Å². The molecule has 5 heteroatoms. The Balaban J connectivity index is 3.30. The summed E-state index contributed by atoms with van der Waals surface area (Å²) in [6.07, 6.45) is 0.625.